The van der Waals surface area contributed by atoms with Gasteiger partial charge in [-0.05, 0) is 48.0 Å². The van der Waals surface area contributed by atoms with Crippen LogP contribution in [0.2, 0.25) is 0 Å². The lowest BCUT2D eigenvalue weighted by atomic mass is 10.1. The second-order valence-electron chi connectivity index (χ2n) is 5.64. The number of aromatic nitrogens is 1. The van der Waals surface area contributed by atoms with E-state index in [2.05, 4.69) is 5.32 Å². The molecule has 0 spiro atoms. The third-order valence-corrected chi connectivity index (χ3v) is 4.00. The first kappa shape index (κ1) is 17.3. The number of nitrogens with zero attached hydrogens (tertiary/aromatic N) is 1. The summed E-state index contributed by atoms with van der Waals surface area (Å²) in [7, 11) is 3.10. The van der Waals surface area contributed by atoms with Gasteiger partial charge in [-0.2, -0.15) is 0 Å². The van der Waals surface area contributed by atoms with Crippen LogP contribution in [0, 0.1) is 0 Å². The number of amides is 1. The number of hydrogen-bond donors (Lipinski definition) is 2. The fourth-order valence-corrected chi connectivity index (χ4v) is 2.73. The molecule has 2 aromatic carbocycles. The Morgan fingerprint density at radius 2 is 1.69 bits per heavy atom. The summed E-state index contributed by atoms with van der Waals surface area (Å²) in [5.74, 6) is 0.310. The average Bonchev–Trinajstić information content (AvgIpc) is 2.99. The molecule has 0 atom stereocenters. The summed E-state index contributed by atoms with van der Waals surface area (Å²) in [4.78, 5) is 23.8. The zero-order valence-electron chi connectivity index (χ0n) is 14.4. The van der Waals surface area contributed by atoms with Crippen molar-refractivity contribution in [2.45, 2.75) is 6.42 Å². The van der Waals surface area contributed by atoms with Crippen molar-refractivity contribution in [1.82, 2.24) is 4.57 Å². The van der Waals surface area contributed by atoms with Gasteiger partial charge >= 0.3 is 12.0 Å². The topological polar surface area (TPSA) is 89.8 Å². The van der Waals surface area contributed by atoms with E-state index in [0.717, 1.165) is 0 Å². The molecule has 3 aromatic rings. The second-order valence-corrected chi connectivity index (χ2v) is 5.64. The van der Waals surface area contributed by atoms with Gasteiger partial charge in [-0.15, -0.1) is 0 Å². The highest BCUT2D eigenvalue weighted by Crippen LogP contribution is 2.27. The van der Waals surface area contributed by atoms with Crippen molar-refractivity contribution in [2.24, 2.45) is 0 Å². The summed E-state index contributed by atoms with van der Waals surface area (Å²) in [5.41, 5.74) is 1.75. The molecule has 0 bridgehead atoms. The summed E-state index contributed by atoms with van der Waals surface area (Å²) in [6.45, 7) is 0. The maximum atomic E-state index is 12.7. The first-order valence-corrected chi connectivity index (χ1v) is 7.87. The largest absolute Gasteiger partial charge is 0.497 e. The first-order valence-electron chi connectivity index (χ1n) is 7.87. The Kier molecular flexibility index (Phi) is 4.79. The average molecular weight is 354 g/mol. The Hall–Kier alpha value is -3.48. The summed E-state index contributed by atoms with van der Waals surface area (Å²) < 4.78 is 11.7. The van der Waals surface area contributed by atoms with Crippen molar-refractivity contribution in [3.8, 4) is 11.5 Å². The fourth-order valence-electron chi connectivity index (χ4n) is 2.73. The lowest BCUT2D eigenvalue weighted by Gasteiger charge is -2.08. The number of fused-ring (bicyclic) bond motifs is 1. The van der Waals surface area contributed by atoms with Gasteiger partial charge in [0.2, 0.25) is 0 Å². The summed E-state index contributed by atoms with van der Waals surface area (Å²) in [6, 6.07) is 11.7. The van der Waals surface area contributed by atoms with Crippen molar-refractivity contribution in [3.05, 3.63) is 54.2 Å². The molecule has 1 heterocycles. The van der Waals surface area contributed by atoms with E-state index < -0.39 is 5.97 Å². The third-order valence-electron chi connectivity index (χ3n) is 4.00. The molecule has 1 aromatic heterocycles. The number of nitrogens with one attached hydrogen (secondary N) is 1. The van der Waals surface area contributed by atoms with Gasteiger partial charge < -0.3 is 19.9 Å². The van der Waals surface area contributed by atoms with E-state index in [4.69, 9.17) is 14.6 Å². The molecule has 0 aliphatic heterocycles. The monoisotopic (exact) mass is 354 g/mol. The molecule has 1 amide bonds. The van der Waals surface area contributed by atoms with E-state index >= 15 is 0 Å². The van der Waals surface area contributed by atoms with Crippen molar-refractivity contribution in [2.75, 3.05) is 19.5 Å². The van der Waals surface area contributed by atoms with Crippen molar-refractivity contribution < 1.29 is 24.2 Å². The lowest BCUT2D eigenvalue weighted by molar-refractivity contribution is -0.136. The number of aliphatic carboxylic acids is 1. The van der Waals surface area contributed by atoms with Crippen LogP contribution in [-0.2, 0) is 11.2 Å². The summed E-state index contributed by atoms with van der Waals surface area (Å²) in [5, 5.41) is 12.6. The molecule has 0 fully saturated rings. The number of carboxylic acids is 1. The molecule has 2 N–H and O–H groups in total. The van der Waals surface area contributed by atoms with Crippen LogP contribution in [0.5, 0.6) is 11.5 Å². The highest BCUT2D eigenvalue weighted by molar-refractivity contribution is 6.00. The molecular weight excluding hydrogens is 336 g/mol. The van der Waals surface area contributed by atoms with E-state index in [-0.39, 0.29) is 12.5 Å². The van der Waals surface area contributed by atoms with Gasteiger partial charge in [0.05, 0.1) is 26.2 Å². The Balaban J connectivity index is 1.97. The minimum atomic E-state index is -0.970. The molecule has 0 radical (unpaired) electrons. The summed E-state index contributed by atoms with van der Waals surface area (Å²) >= 11 is 0. The van der Waals surface area contributed by atoms with Gasteiger partial charge in [-0.25, -0.2) is 4.79 Å². The van der Waals surface area contributed by atoms with Crippen LogP contribution in [-0.4, -0.2) is 35.9 Å². The maximum absolute atomic E-state index is 12.7. The Morgan fingerprint density at radius 3 is 2.31 bits per heavy atom. The van der Waals surface area contributed by atoms with Gasteiger partial charge in [0.25, 0.3) is 0 Å². The number of carboxylic acid groups (broad SMARTS) is 1. The Bertz CT molecular complexity index is 960. The van der Waals surface area contributed by atoms with Gasteiger partial charge in [0.15, 0.2) is 0 Å². The van der Waals surface area contributed by atoms with Crippen molar-refractivity contribution in [1.29, 1.82) is 0 Å². The predicted molar refractivity (Wildman–Crippen MR) is 97.2 cm³/mol. The molecule has 0 aliphatic carbocycles. The van der Waals surface area contributed by atoms with Crippen LogP contribution in [0.25, 0.3) is 10.9 Å². The number of ether oxygens (including phenoxy) is 2. The summed E-state index contributed by atoms with van der Waals surface area (Å²) in [6.07, 6.45) is 1.35. The van der Waals surface area contributed by atoms with Crippen molar-refractivity contribution >= 4 is 28.6 Å². The number of hydrogen-bond acceptors (Lipinski definition) is 4. The molecule has 0 saturated carbocycles. The maximum Gasteiger partial charge on any atom is 0.330 e. The molecular formula is C19H18N2O5. The van der Waals surface area contributed by atoms with E-state index in [1.54, 1.807) is 49.6 Å². The SMILES string of the molecule is COc1ccc(NC(=O)n2cc(CC(=O)O)c3cc(OC)ccc32)cc1. The molecule has 0 unspecified atom stereocenters. The third kappa shape index (κ3) is 3.46. The smallest absolute Gasteiger partial charge is 0.330 e. The highest BCUT2D eigenvalue weighted by atomic mass is 16.5. The van der Waals surface area contributed by atoms with E-state index in [0.29, 0.717) is 33.7 Å². The number of carbonyl (C=O) groups excluding carboxylic acids is 1. The van der Waals surface area contributed by atoms with Crippen LogP contribution in [0.4, 0.5) is 10.5 Å². The normalized spacial score (nSPS) is 10.5. The van der Waals surface area contributed by atoms with E-state index in [1.165, 1.54) is 17.9 Å². The van der Waals surface area contributed by atoms with E-state index in [9.17, 15) is 9.59 Å². The standard InChI is InChI=1S/C19H18N2O5/c1-25-14-5-3-13(4-6-14)20-19(24)21-11-12(9-18(22)23)16-10-15(26-2)7-8-17(16)21/h3-8,10-11H,9H2,1-2H3,(H,20,24)(H,22,23). The zero-order valence-corrected chi connectivity index (χ0v) is 14.4. The van der Waals surface area contributed by atoms with Gasteiger partial charge in [-0.1, -0.05) is 0 Å². The van der Waals surface area contributed by atoms with Crippen LogP contribution in [0.1, 0.15) is 5.56 Å². The van der Waals surface area contributed by atoms with Crippen molar-refractivity contribution in [3.63, 3.8) is 0 Å². The first-order chi connectivity index (χ1) is 12.5. The van der Waals surface area contributed by atoms with Gasteiger partial charge in [0.1, 0.15) is 11.5 Å². The zero-order chi connectivity index (χ0) is 18.7. The van der Waals surface area contributed by atoms with Gasteiger partial charge in [-0.3, -0.25) is 9.36 Å². The lowest BCUT2D eigenvalue weighted by Crippen LogP contribution is -2.18. The number of benzene rings is 2. The molecule has 134 valence electrons. The molecule has 0 aliphatic rings. The quantitative estimate of drug-likeness (QED) is 0.733. The van der Waals surface area contributed by atoms with Gasteiger partial charge in [0, 0.05) is 17.3 Å². The van der Waals surface area contributed by atoms with Crippen LogP contribution >= 0.6 is 0 Å². The minimum absolute atomic E-state index is 0.188. The van der Waals surface area contributed by atoms with Crippen LogP contribution in [0.3, 0.4) is 0 Å². The number of rotatable bonds is 5. The molecule has 0 saturated heterocycles. The molecule has 7 nitrogen and oxygen atoms in total. The van der Waals surface area contributed by atoms with E-state index in [1.807, 2.05) is 0 Å². The molecule has 3 rings (SSSR count). The Labute approximate surface area is 149 Å². The number of methoxy groups -OCH3 is 2. The number of carbonyl (C=O) groups is 2. The van der Waals surface area contributed by atoms with Crippen LogP contribution in [0.15, 0.2) is 48.7 Å². The predicted octanol–water partition coefficient (Wildman–Crippen LogP) is 3.37. The molecule has 26 heavy (non-hydrogen) atoms. The number of anilines is 1. The van der Waals surface area contributed by atoms with Crippen LogP contribution < -0.4 is 14.8 Å². The fraction of sp³-hybridized carbons (Fsp3) is 0.158. The molecule has 7 heteroatoms. The Morgan fingerprint density at radius 1 is 1.04 bits per heavy atom. The highest BCUT2D eigenvalue weighted by Gasteiger charge is 2.16. The second kappa shape index (κ2) is 7.18. The minimum Gasteiger partial charge on any atom is -0.497 e.